The molecule has 0 spiro atoms. The summed E-state index contributed by atoms with van der Waals surface area (Å²) in [5.41, 5.74) is 6.84. The van der Waals surface area contributed by atoms with Gasteiger partial charge in [0, 0.05) is 25.2 Å². The Morgan fingerprint density at radius 1 is 1.30 bits per heavy atom. The van der Waals surface area contributed by atoms with Crippen LogP contribution in [0.1, 0.15) is 24.0 Å². The Kier molecular flexibility index (Phi) is 4.58. The van der Waals surface area contributed by atoms with Crippen LogP contribution < -0.4 is 10.5 Å². The van der Waals surface area contributed by atoms with Gasteiger partial charge in [-0.05, 0) is 18.4 Å². The first kappa shape index (κ1) is 14.8. The van der Waals surface area contributed by atoms with Crippen LogP contribution in [0, 0.1) is 0 Å². The van der Waals surface area contributed by atoms with Crippen molar-refractivity contribution in [3.05, 3.63) is 35.4 Å². The number of nitrogens with one attached hydrogen (secondary N) is 1. The highest BCUT2D eigenvalue weighted by molar-refractivity contribution is 7.87. The summed E-state index contributed by atoms with van der Waals surface area (Å²) in [6.45, 7) is 1.38. The topological polar surface area (TPSA) is 108 Å². The molecule has 20 heavy (non-hydrogen) atoms. The summed E-state index contributed by atoms with van der Waals surface area (Å²) >= 11 is 0. The number of hydrogen-bond acceptors (Lipinski definition) is 4. The summed E-state index contributed by atoms with van der Waals surface area (Å²) in [4.78, 5) is 0. The van der Waals surface area contributed by atoms with Crippen LogP contribution in [0.2, 0.25) is 0 Å². The molecule has 1 aromatic rings. The first-order valence-corrected chi connectivity index (χ1v) is 7.78. The van der Waals surface area contributed by atoms with Crippen molar-refractivity contribution in [2.75, 3.05) is 13.1 Å². The normalized spacial score (nSPS) is 17.5. The molecule has 2 rings (SSSR count). The van der Waals surface area contributed by atoms with E-state index in [0.29, 0.717) is 18.7 Å². The summed E-state index contributed by atoms with van der Waals surface area (Å²) in [5, 5.41) is 11.5. The molecule has 1 heterocycles. The zero-order valence-electron chi connectivity index (χ0n) is 11.0. The molecule has 0 saturated carbocycles. The fourth-order valence-corrected chi connectivity index (χ4v) is 3.32. The van der Waals surface area contributed by atoms with Gasteiger partial charge in [-0.1, -0.05) is 29.4 Å². The summed E-state index contributed by atoms with van der Waals surface area (Å²) in [6.07, 6.45) is 1.82. The average Bonchev–Trinajstić information content (AvgIpc) is 3.00. The maximum atomic E-state index is 12.0. The van der Waals surface area contributed by atoms with E-state index >= 15 is 0 Å². The molecule has 7 nitrogen and oxygen atoms in total. The van der Waals surface area contributed by atoms with E-state index in [4.69, 9.17) is 10.9 Å². The number of nitrogens with two attached hydrogens (primary N) is 1. The second-order valence-electron chi connectivity index (χ2n) is 4.61. The quantitative estimate of drug-likeness (QED) is 0.312. The Balaban J connectivity index is 1.97. The Labute approximate surface area is 118 Å². The molecule has 1 fully saturated rings. The van der Waals surface area contributed by atoms with Gasteiger partial charge in [0.25, 0.3) is 10.2 Å². The van der Waals surface area contributed by atoms with Crippen molar-refractivity contribution >= 4 is 16.0 Å². The molecule has 110 valence electrons. The number of oxime groups is 1. The van der Waals surface area contributed by atoms with Crippen molar-refractivity contribution in [3.8, 4) is 0 Å². The summed E-state index contributed by atoms with van der Waals surface area (Å²) in [6, 6.07) is 6.82. The Morgan fingerprint density at radius 2 is 1.90 bits per heavy atom. The maximum Gasteiger partial charge on any atom is 0.279 e. The third-order valence-corrected chi connectivity index (χ3v) is 4.78. The van der Waals surface area contributed by atoms with Gasteiger partial charge in [0.1, 0.15) is 0 Å². The van der Waals surface area contributed by atoms with Crippen LogP contribution in [0.25, 0.3) is 0 Å². The molecule has 8 heteroatoms. The molecular formula is C12H18N4O3S. The van der Waals surface area contributed by atoms with E-state index in [9.17, 15) is 8.42 Å². The molecular weight excluding hydrogens is 280 g/mol. The molecule has 1 aliphatic rings. The van der Waals surface area contributed by atoms with E-state index in [1.165, 1.54) is 4.31 Å². The van der Waals surface area contributed by atoms with Crippen LogP contribution >= 0.6 is 0 Å². The molecule has 0 radical (unpaired) electrons. The molecule has 1 saturated heterocycles. The zero-order chi connectivity index (χ0) is 14.6. The van der Waals surface area contributed by atoms with Gasteiger partial charge in [-0.2, -0.15) is 17.4 Å². The van der Waals surface area contributed by atoms with E-state index in [2.05, 4.69) is 9.88 Å². The van der Waals surface area contributed by atoms with Gasteiger partial charge >= 0.3 is 0 Å². The van der Waals surface area contributed by atoms with E-state index in [-0.39, 0.29) is 12.4 Å². The standard InChI is InChI=1S/C12H18N4O3S/c13-12(15-17)11-5-3-10(4-6-11)9-14-20(18,19)16-7-1-2-8-16/h3-6,14,17H,1-2,7-9H2,(H2,13,15). The minimum atomic E-state index is -3.39. The van der Waals surface area contributed by atoms with Crippen molar-refractivity contribution in [1.82, 2.24) is 9.03 Å². The van der Waals surface area contributed by atoms with Gasteiger partial charge in [-0.15, -0.1) is 0 Å². The van der Waals surface area contributed by atoms with Gasteiger partial charge in [0.2, 0.25) is 0 Å². The van der Waals surface area contributed by atoms with Crippen molar-refractivity contribution in [2.45, 2.75) is 19.4 Å². The van der Waals surface area contributed by atoms with Crippen molar-refractivity contribution in [2.24, 2.45) is 10.9 Å². The highest BCUT2D eigenvalue weighted by Gasteiger charge is 2.24. The lowest BCUT2D eigenvalue weighted by Crippen LogP contribution is -2.38. The number of benzene rings is 1. The van der Waals surface area contributed by atoms with E-state index in [0.717, 1.165) is 18.4 Å². The Bertz CT molecular complexity index is 577. The molecule has 0 bridgehead atoms. The minimum Gasteiger partial charge on any atom is -0.409 e. The molecule has 0 aromatic heterocycles. The molecule has 1 aromatic carbocycles. The van der Waals surface area contributed by atoms with Gasteiger partial charge in [0.15, 0.2) is 5.84 Å². The monoisotopic (exact) mass is 298 g/mol. The van der Waals surface area contributed by atoms with E-state index < -0.39 is 10.2 Å². The van der Waals surface area contributed by atoms with Gasteiger partial charge < -0.3 is 10.9 Å². The van der Waals surface area contributed by atoms with Gasteiger partial charge in [0.05, 0.1) is 0 Å². The SMILES string of the molecule is NC(=NO)c1ccc(CNS(=O)(=O)N2CCCC2)cc1. The number of hydrogen-bond donors (Lipinski definition) is 3. The zero-order valence-corrected chi connectivity index (χ0v) is 11.8. The predicted molar refractivity (Wildman–Crippen MR) is 75.5 cm³/mol. The van der Waals surface area contributed by atoms with Gasteiger partial charge in [-0.3, -0.25) is 0 Å². The predicted octanol–water partition coefficient (Wildman–Crippen LogP) is 0.211. The minimum absolute atomic E-state index is 0.0224. The fourth-order valence-electron chi connectivity index (χ4n) is 2.05. The lowest BCUT2D eigenvalue weighted by molar-refractivity contribution is 0.318. The molecule has 0 amide bonds. The molecule has 0 aliphatic carbocycles. The number of rotatable bonds is 5. The third-order valence-electron chi connectivity index (χ3n) is 3.22. The summed E-state index contributed by atoms with van der Waals surface area (Å²) < 4.78 is 28.0. The van der Waals surface area contributed by atoms with Crippen LogP contribution in [0.3, 0.4) is 0 Å². The van der Waals surface area contributed by atoms with Crippen LogP contribution in [0.15, 0.2) is 29.4 Å². The first-order chi connectivity index (χ1) is 9.53. The van der Waals surface area contributed by atoms with Crippen LogP contribution in [-0.4, -0.2) is 36.9 Å². The molecule has 1 aliphatic heterocycles. The summed E-state index contributed by atoms with van der Waals surface area (Å²) in [5.74, 6) is 0.0224. The van der Waals surface area contributed by atoms with E-state index in [1.54, 1.807) is 24.3 Å². The highest BCUT2D eigenvalue weighted by atomic mass is 32.2. The second kappa shape index (κ2) is 6.21. The van der Waals surface area contributed by atoms with Crippen molar-refractivity contribution < 1.29 is 13.6 Å². The van der Waals surface area contributed by atoms with Crippen LogP contribution in [-0.2, 0) is 16.8 Å². The third kappa shape index (κ3) is 3.47. The Hall–Kier alpha value is -1.64. The molecule has 4 N–H and O–H groups in total. The average molecular weight is 298 g/mol. The second-order valence-corrected chi connectivity index (χ2v) is 6.37. The first-order valence-electron chi connectivity index (χ1n) is 6.34. The number of amidine groups is 1. The lowest BCUT2D eigenvalue weighted by Gasteiger charge is -2.16. The van der Waals surface area contributed by atoms with Crippen LogP contribution in [0.4, 0.5) is 0 Å². The number of nitrogens with zero attached hydrogens (tertiary/aromatic N) is 2. The molecule has 0 atom stereocenters. The van der Waals surface area contributed by atoms with Gasteiger partial charge in [-0.25, -0.2) is 0 Å². The van der Waals surface area contributed by atoms with E-state index in [1.807, 2.05) is 0 Å². The molecule has 0 unspecified atom stereocenters. The smallest absolute Gasteiger partial charge is 0.279 e. The highest BCUT2D eigenvalue weighted by Crippen LogP contribution is 2.12. The lowest BCUT2D eigenvalue weighted by atomic mass is 10.1. The largest absolute Gasteiger partial charge is 0.409 e. The van der Waals surface area contributed by atoms with Crippen LogP contribution in [0.5, 0.6) is 0 Å². The van der Waals surface area contributed by atoms with Crippen molar-refractivity contribution in [1.29, 1.82) is 0 Å². The summed E-state index contributed by atoms with van der Waals surface area (Å²) in [7, 11) is -3.39. The van der Waals surface area contributed by atoms with Crippen molar-refractivity contribution in [3.63, 3.8) is 0 Å². The Morgan fingerprint density at radius 3 is 2.45 bits per heavy atom. The fraction of sp³-hybridized carbons (Fsp3) is 0.417. The maximum absolute atomic E-state index is 12.0.